The molecule has 0 radical (unpaired) electrons. The predicted octanol–water partition coefficient (Wildman–Crippen LogP) is 3.19. The number of aryl methyl sites for hydroxylation is 1. The van der Waals surface area contributed by atoms with Crippen molar-refractivity contribution in [2.75, 3.05) is 6.54 Å². The molecule has 1 N–H and O–H groups in total. The maximum absolute atomic E-state index is 11.8. The van der Waals surface area contributed by atoms with Gasteiger partial charge in [-0.2, -0.15) is 4.98 Å². The first-order chi connectivity index (χ1) is 10.6. The van der Waals surface area contributed by atoms with E-state index < -0.39 is 0 Å². The van der Waals surface area contributed by atoms with E-state index in [2.05, 4.69) is 15.5 Å². The van der Waals surface area contributed by atoms with Crippen LogP contribution in [0.4, 0.5) is 0 Å². The zero-order valence-corrected chi connectivity index (χ0v) is 13.9. The van der Waals surface area contributed by atoms with Gasteiger partial charge in [0.25, 0.3) is 0 Å². The van der Waals surface area contributed by atoms with Crippen LogP contribution < -0.4 is 5.32 Å². The van der Waals surface area contributed by atoms with Crippen LogP contribution in [0.3, 0.4) is 0 Å². The summed E-state index contributed by atoms with van der Waals surface area (Å²) in [5, 5.41) is 6.76. The van der Waals surface area contributed by atoms with Gasteiger partial charge in [0.2, 0.25) is 17.6 Å². The Hall–Kier alpha value is -1.82. The first-order valence-electron chi connectivity index (χ1n) is 7.39. The molecule has 0 bridgehead atoms. The van der Waals surface area contributed by atoms with E-state index in [0.717, 1.165) is 17.5 Å². The highest BCUT2D eigenvalue weighted by Crippen LogP contribution is 2.22. The van der Waals surface area contributed by atoms with Gasteiger partial charge in [-0.1, -0.05) is 36.3 Å². The van der Waals surface area contributed by atoms with E-state index >= 15 is 0 Å². The van der Waals surface area contributed by atoms with Crippen molar-refractivity contribution in [3.05, 3.63) is 35.7 Å². The average molecular weight is 319 g/mol. The van der Waals surface area contributed by atoms with Crippen molar-refractivity contribution < 1.29 is 9.32 Å². The summed E-state index contributed by atoms with van der Waals surface area (Å²) in [4.78, 5) is 16.2. The Balaban J connectivity index is 1.93. The van der Waals surface area contributed by atoms with Gasteiger partial charge in [0.05, 0.1) is 11.0 Å². The first kappa shape index (κ1) is 16.5. The van der Waals surface area contributed by atoms with Crippen molar-refractivity contribution in [3.63, 3.8) is 0 Å². The van der Waals surface area contributed by atoms with Gasteiger partial charge < -0.3 is 9.84 Å². The molecular weight excluding hydrogens is 298 g/mol. The third-order valence-electron chi connectivity index (χ3n) is 3.23. The van der Waals surface area contributed by atoms with E-state index in [1.165, 1.54) is 11.8 Å². The number of hydrogen-bond acceptors (Lipinski definition) is 5. The Morgan fingerprint density at radius 3 is 2.91 bits per heavy atom. The number of benzene rings is 1. The Labute approximate surface area is 134 Å². The molecule has 1 atom stereocenters. The molecule has 2 aromatic rings. The summed E-state index contributed by atoms with van der Waals surface area (Å²) in [6.07, 6.45) is 0.937. The van der Waals surface area contributed by atoms with Crippen molar-refractivity contribution in [2.45, 2.75) is 38.2 Å². The number of carbonyl (C=O) groups is 1. The average Bonchev–Trinajstić information content (AvgIpc) is 2.99. The quantitative estimate of drug-likeness (QED) is 0.849. The Morgan fingerprint density at radius 2 is 2.18 bits per heavy atom. The Kier molecular flexibility index (Phi) is 6.00. The number of aromatic nitrogens is 2. The van der Waals surface area contributed by atoms with Gasteiger partial charge in [0.15, 0.2) is 0 Å². The normalized spacial score (nSPS) is 12.1. The molecule has 1 amide bonds. The lowest BCUT2D eigenvalue weighted by atomic mass is 10.1. The maximum atomic E-state index is 11.8. The summed E-state index contributed by atoms with van der Waals surface area (Å²) in [5.74, 6) is 1.71. The van der Waals surface area contributed by atoms with Crippen LogP contribution in [0.2, 0.25) is 0 Å². The second-order valence-electron chi connectivity index (χ2n) is 5.07. The second kappa shape index (κ2) is 7.98. The second-order valence-corrected chi connectivity index (χ2v) is 6.40. The number of amides is 1. The monoisotopic (exact) mass is 319 g/mol. The Bertz CT molecular complexity index is 627. The van der Waals surface area contributed by atoms with Gasteiger partial charge >= 0.3 is 0 Å². The lowest BCUT2D eigenvalue weighted by Crippen LogP contribution is -2.31. The molecule has 0 spiro atoms. The summed E-state index contributed by atoms with van der Waals surface area (Å²) in [6.45, 7) is 6.64. The largest absolute Gasteiger partial charge is 0.355 e. The number of thioether (sulfide) groups is 1. The standard InChI is InChI=1S/C16H21N3O2S/c1-4-9-17-16(20)12(3)22-10-14-18-15(19-21-14)13-8-6-5-7-11(13)2/h5-8,12H,4,9-10H2,1-3H3,(H,17,20)/t12-/m0/s1. The van der Waals surface area contributed by atoms with Crippen molar-refractivity contribution in [1.29, 1.82) is 0 Å². The van der Waals surface area contributed by atoms with Crippen LogP contribution in [0.25, 0.3) is 11.4 Å². The molecule has 5 nitrogen and oxygen atoms in total. The molecule has 22 heavy (non-hydrogen) atoms. The molecule has 1 aromatic carbocycles. The summed E-state index contributed by atoms with van der Waals surface area (Å²) < 4.78 is 5.27. The minimum absolute atomic E-state index is 0.0468. The lowest BCUT2D eigenvalue weighted by Gasteiger charge is -2.09. The highest BCUT2D eigenvalue weighted by atomic mass is 32.2. The molecule has 118 valence electrons. The highest BCUT2D eigenvalue weighted by molar-refractivity contribution is 7.99. The van der Waals surface area contributed by atoms with Gasteiger partial charge in [-0.25, -0.2) is 0 Å². The smallest absolute Gasteiger partial charge is 0.236 e. The Morgan fingerprint density at radius 1 is 1.41 bits per heavy atom. The van der Waals surface area contributed by atoms with Crippen molar-refractivity contribution in [3.8, 4) is 11.4 Å². The van der Waals surface area contributed by atoms with Crippen LogP contribution >= 0.6 is 11.8 Å². The van der Waals surface area contributed by atoms with Gasteiger partial charge in [-0.3, -0.25) is 4.79 Å². The molecule has 0 aliphatic rings. The molecule has 0 fully saturated rings. The summed E-state index contributed by atoms with van der Waals surface area (Å²) in [6, 6.07) is 7.91. The minimum atomic E-state index is -0.139. The van der Waals surface area contributed by atoms with E-state index in [1.807, 2.05) is 45.0 Å². The van der Waals surface area contributed by atoms with Crippen LogP contribution in [-0.4, -0.2) is 27.8 Å². The number of hydrogen-bond donors (Lipinski definition) is 1. The minimum Gasteiger partial charge on any atom is -0.355 e. The molecule has 6 heteroatoms. The molecule has 0 aliphatic carbocycles. The maximum Gasteiger partial charge on any atom is 0.236 e. The van der Waals surface area contributed by atoms with Gasteiger partial charge in [-0.15, -0.1) is 11.8 Å². The first-order valence-corrected chi connectivity index (χ1v) is 8.44. The molecule has 0 saturated heterocycles. The third kappa shape index (κ3) is 4.34. The number of nitrogens with zero attached hydrogens (tertiary/aromatic N) is 2. The molecule has 0 aliphatic heterocycles. The SMILES string of the molecule is CCCNC(=O)[C@H](C)SCc1nc(-c2ccccc2C)no1. The highest BCUT2D eigenvalue weighted by Gasteiger charge is 2.16. The van der Waals surface area contributed by atoms with E-state index in [4.69, 9.17) is 4.52 Å². The zero-order chi connectivity index (χ0) is 15.9. The van der Waals surface area contributed by atoms with Crippen LogP contribution in [0.15, 0.2) is 28.8 Å². The zero-order valence-electron chi connectivity index (χ0n) is 13.1. The van der Waals surface area contributed by atoms with Gasteiger partial charge in [0, 0.05) is 12.1 Å². The van der Waals surface area contributed by atoms with Crippen LogP contribution in [0.5, 0.6) is 0 Å². The van der Waals surface area contributed by atoms with Crippen LogP contribution in [0, 0.1) is 6.92 Å². The van der Waals surface area contributed by atoms with E-state index in [1.54, 1.807) is 0 Å². The van der Waals surface area contributed by atoms with Crippen LogP contribution in [-0.2, 0) is 10.5 Å². The van der Waals surface area contributed by atoms with Crippen molar-refractivity contribution >= 4 is 17.7 Å². The molecule has 1 aromatic heterocycles. The summed E-state index contributed by atoms with van der Waals surface area (Å²) in [7, 11) is 0. The molecule has 1 heterocycles. The molecule has 2 rings (SSSR count). The lowest BCUT2D eigenvalue weighted by molar-refractivity contribution is -0.120. The topological polar surface area (TPSA) is 68.0 Å². The van der Waals surface area contributed by atoms with E-state index in [-0.39, 0.29) is 11.2 Å². The van der Waals surface area contributed by atoms with Gasteiger partial charge in [0.1, 0.15) is 0 Å². The fraction of sp³-hybridized carbons (Fsp3) is 0.438. The third-order valence-corrected chi connectivity index (χ3v) is 4.36. The van der Waals surface area contributed by atoms with E-state index in [0.29, 0.717) is 24.0 Å². The molecule has 0 saturated carbocycles. The van der Waals surface area contributed by atoms with Gasteiger partial charge in [-0.05, 0) is 25.8 Å². The van der Waals surface area contributed by atoms with Crippen LogP contribution in [0.1, 0.15) is 31.7 Å². The number of nitrogens with one attached hydrogen (secondary N) is 1. The summed E-state index contributed by atoms with van der Waals surface area (Å²) in [5.41, 5.74) is 2.08. The fourth-order valence-corrected chi connectivity index (χ4v) is 2.66. The number of rotatable bonds is 7. The van der Waals surface area contributed by atoms with Crippen molar-refractivity contribution in [2.24, 2.45) is 0 Å². The number of carbonyl (C=O) groups excluding carboxylic acids is 1. The molecule has 0 unspecified atom stereocenters. The summed E-state index contributed by atoms with van der Waals surface area (Å²) >= 11 is 1.49. The van der Waals surface area contributed by atoms with Crippen molar-refractivity contribution in [1.82, 2.24) is 15.5 Å². The van der Waals surface area contributed by atoms with E-state index in [9.17, 15) is 4.79 Å². The fourth-order valence-electron chi connectivity index (χ4n) is 1.91. The predicted molar refractivity (Wildman–Crippen MR) is 88.5 cm³/mol. The molecular formula is C16H21N3O2S.